The van der Waals surface area contributed by atoms with E-state index in [0.717, 1.165) is 25.1 Å². The average molecular weight is 289 g/mol. The Kier molecular flexibility index (Phi) is 4.39. The van der Waals surface area contributed by atoms with Gasteiger partial charge in [0.1, 0.15) is 11.9 Å². The van der Waals surface area contributed by atoms with Crippen molar-refractivity contribution >= 4 is 5.91 Å². The van der Waals surface area contributed by atoms with E-state index in [0.29, 0.717) is 13.0 Å². The molecule has 1 aliphatic carbocycles. The Balaban J connectivity index is 1.60. The Morgan fingerprint density at radius 3 is 3.14 bits per heavy atom. The topological polar surface area (TPSA) is 56.1 Å². The van der Waals surface area contributed by atoms with Crippen molar-refractivity contribution in [3.8, 4) is 0 Å². The minimum absolute atomic E-state index is 0.0304. The molecule has 0 bridgehead atoms. The van der Waals surface area contributed by atoms with Crippen LogP contribution >= 0.6 is 0 Å². The first-order valence-electron chi connectivity index (χ1n) is 7.80. The van der Waals surface area contributed by atoms with Crippen LogP contribution < -0.4 is 5.32 Å². The number of allylic oxidation sites excluding steroid dienone is 1. The summed E-state index contributed by atoms with van der Waals surface area (Å²) in [5.74, 6) is 0.993. The molecule has 1 fully saturated rings. The summed E-state index contributed by atoms with van der Waals surface area (Å²) in [7, 11) is 1.95. The monoisotopic (exact) mass is 289 g/mol. The molecule has 2 heterocycles. The molecule has 1 N–H and O–H groups in total. The number of nitrogens with zero attached hydrogens (tertiary/aromatic N) is 2. The highest BCUT2D eigenvalue weighted by molar-refractivity contribution is 5.79. The van der Waals surface area contributed by atoms with E-state index in [1.165, 1.54) is 18.4 Å². The normalized spacial score (nSPS) is 25.7. The summed E-state index contributed by atoms with van der Waals surface area (Å²) in [5, 5.41) is 3.13. The van der Waals surface area contributed by atoms with E-state index in [1.807, 2.05) is 17.8 Å². The van der Waals surface area contributed by atoms with Gasteiger partial charge in [0.2, 0.25) is 5.91 Å². The van der Waals surface area contributed by atoms with Crippen molar-refractivity contribution in [2.24, 2.45) is 7.05 Å². The van der Waals surface area contributed by atoms with Crippen LogP contribution in [0, 0.1) is 0 Å². The van der Waals surface area contributed by atoms with Crippen molar-refractivity contribution < 1.29 is 9.53 Å². The molecule has 2 atom stereocenters. The lowest BCUT2D eigenvalue weighted by atomic mass is 9.97. The molecule has 1 aromatic rings. The number of hydrogen-bond acceptors (Lipinski definition) is 3. The second-order valence-electron chi connectivity index (χ2n) is 5.94. The number of nitrogens with one attached hydrogen (secondary N) is 1. The fourth-order valence-corrected chi connectivity index (χ4v) is 3.17. The Bertz CT molecular complexity index is 535. The van der Waals surface area contributed by atoms with Crippen molar-refractivity contribution in [1.82, 2.24) is 14.9 Å². The van der Waals surface area contributed by atoms with Crippen molar-refractivity contribution in [1.29, 1.82) is 0 Å². The maximum Gasteiger partial charge on any atom is 0.224 e. The molecule has 5 heteroatoms. The highest BCUT2D eigenvalue weighted by atomic mass is 16.5. The second kappa shape index (κ2) is 6.43. The zero-order valence-corrected chi connectivity index (χ0v) is 12.5. The molecule has 0 radical (unpaired) electrons. The largest absolute Gasteiger partial charge is 0.368 e. The summed E-state index contributed by atoms with van der Waals surface area (Å²) in [6.45, 7) is 0.672. The van der Waals surface area contributed by atoms with E-state index in [2.05, 4.69) is 16.4 Å². The molecule has 5 nitrogen and oxygen atoms in total. The number of ether oxygens (including phenoxy) is 1. The third-order valence-electron chi connectivity index (χ3n) is 4.32. The summed E-state index contributed by atoms with van der Waals surface area (Å²) in [6, 6.07) is 0.0304. The average Bonchev–Trinajstić information content (AvgIpc) is 3.08. The first-order valence-corrected chi connectivity index (χ1v) is 7.80. The summed E-state index contributed by atoms with van der Waals surface area (Å²) in [4.78, 5) is 16.6. The molecule has 3 rings (SSSR count). The van der Waals surface area contributed by atoms with Gasteiger partial charge in [-0.3, -0.25) is 4.79 Å². The quantitative estimate of drug-likeness (QED) is 0.865. The van der Waals surface area contributed by atoms with Gasteiger partial charge in [-0.15, -0.1) is 0 Å². The lowest BCUT2D eigenvalue weighted by Gasteiger charge is -2.20. The Morgan fingerprint density at radius 2 is 2.43 bits per heavy atom. The minimum Gasteiger partial charge on any atom is -0.368 e. The number of carbonyl (C=O) groups is 1. The van der Waals surface area contributed by atoms with Crippen LogP contribution in [0.4, 0.5) is 0 Å². The first-order chi connectivity index (χ1) is 10.2. The summed E-state index contributed by atoms with van der Waals surface area (Å²) >= 11 is 0. The maximum atomic E-state index is 12.2. The van der Waals surface area contributed by atoms with Crippen LogP contribution in [-0.2, 0) is 16.6 Å². The van der Waals surface area contributed by atoms with E-state index in [1.54, 1.807) is 6.20 Å². The molecule has 1 amide bonds. The third kappa shape index (κ3) is 3.35. The van der Waals surface area contributed by atoms with Gasteiger partial charge in [-0.1, -0.05) is 11.6 Å². The minimum atomic E-state index is -0.130. The number of amides is 1. The zero-order chi connectivity index (χ0) is 14.7. The molecule has 1 aromatic heterocycles. The molecule has 0 unspecified atom stereocenters. The van der Waals surface area contributed by atoms with E-state index < -0.39 is 0 Å². The smallest absolute Gasteiger partial charge is 0.224 e. The highest BCUT2D eigenvalue weighted by Crippen LogP contribution is 2.28. The number of aryl methyl sites for hydroxylation is 1. The predicted molar refractivity (Wildman–Crippen MR) is 79.6 cm³/mol. The van der Waals surface area contributed by atoms with Crippen molar-refractivity contribution in [2.45, 2.75) is 50.7 Å². The van der Waals surface area contributed by atoms with Crippen molar-refractivity contribution in [3.63, 3.8) is 0 Å². The fraction of sp³-hybridized carbons (Fsp3) is 0.625. The first kappa shape index (κ1) is 14.3. The SMILES string of the molecule is Cn1ccnc1[C@H]1OCC[C@@H]1NC(=O)CC1=CCCCC1. The van der Waals surface area contributed by atoms with E-state index in [-0.39, 0.29) is 18.1 Å². The lowest BCUT2D eigenvalue weighted by Crippen LogP contribution is -2.37. The molecular weight excluding hydrogens is 266 g/mol. The van der Waals surface area contributed by atoms with Gasteiger partial charge >= 0.3 is 0 Å². The van der Waals surface area contributed by atoms with Gasteiger partial charge in [-0.2, -0.15) is 0 Å². The number of carbonyl (C=O) groups excluding carboxylic acids is 1. The fourth-order valence-electron chi connectivity index (χ4n) is 3.17. The van der Waals surface area contributed by atoms with Gasteiger partial charge in [0, 0.05) is 32.5 Å². The van der Waals surface area contributed by atoms with Crippen LogP contribution in [0.15, 0.2) is 24.0 Å². The molecular formula is C16H23N3O2. The van der Waals surface area contributed by atoms with Crippen LogP contribution in [0.2, 0.25) is 0 Å². The number of imidazole rings is 1. The van der Waals surface area contributed by atoms with Gasteiger partial charge in [-0.25, -0.2) is 4.98 Å². The third-order valence-corrected chi connectivity index (χ3v) is 4.32. The highest BCUT2D eigenvalue weighted by Gasteiger charge is 2.33. The van der Waals surface area contributed by atoms with E-state index >= 15 is 0 Å². The summed E-state index contributed by atoms with van der Waals surface area (Å²) in [6.07, 6.45) is 11.8. The van der Waals surface area contributed by atoms with Crippen LogP contribution in [0.5, 0.6) is 0 Å². The standard InChI is InChI=1S/C16H23N3O2/c1-19-9-8-17-16(19)15-13(7-10-21-15)18-14(20)11-12-5-3-2-4-6-12/h5,8-9,13,15H,2-4,6-7,10-11H2,1H3,(H,18,20)/t13-,15-/m0/s1. The van der Waals surface area contributed by atoms with Gasteiger partial charge in [0.15, 0.2) is 0 Å². The van der Waals surface area contributed by atoms with E-state index in [9.17, 15) is 4.79 Å². The summed E-state index contributed by atoms with van der Waals surface area (Å²) in [5.41, 5.74) is 1.28. The molecule has 1 saturated heterocycles. The molecule has 21 heavy (non-hydrogen) atoms. The van der Waals surface area contributed by atoms with Crippen LogP contribution in [-0.4, -0.2) is 28.1 Å². The number of aromatic nitrogens is 2. The molecule has 2 aliphatic rings. The molecule has 0 saturated carbocycles. The molecule has 0 spiro atoms. The van der Waals surface area contributed by atoms with E-state index in [4.69, 9.17) is 4.74 Å². The van der Waals surface area contributed by atoms with Crippen LogP contribution in [0.3, 0.4) is 0 Å². The molecule has 114 valence electrons. The Morgan fingerprint density at radius 1 is 1.52 bits per heavy atom. The predicted octanol–water partition coefficient (Wildman–Crippen LogP) is 2.26. The Hall–Kier alpha value is -1.62. The number of rotatable bonds is 4. The van der Waals surface area contributed by atoms with Crippen molar-refractivity contribution in [2.75, 3.05) is 6.61 Å². The second-order valence-corrected chi connectivity index (χ2v) is 5.94. The number of hydrogen-bond donors (Lipinski definition) is 1. The van der Waals surface area contributed by atoms with Gasteiger partial charge < -0.3 is 14.6 Å². The van der Waals surface area contributed by atoms with Gasteiger partial charge in [0.25, 0.3) is 0 Å². The lowest BCUT2D eigenvalue weighted by molar-refractivity contribution is -0.121. The van der Waals surface area contributed by atoms with Crippen molar-refractivity contribution in [3.05, 3.63) is 29.9 Å². The van der Waals surface area contributed by atoms with Crippen LogP contribution in [0.1, 0.15) is 50.5 Å². The Labute approximate surface area is 125 Å². The molecule has 1 aliphatic heterocycles. The zero-order valence-electron chi connectivity index (χ0n) is 12.5. The van der Waals surface area contributed by atoms with Crippen LogP contribution in [0.25, 0.3) is 0 Å². The van der Waals surface area contributed by atoms with Gasteiger partial charge in [-0.05, 0) is 32.1 Å². The van der Waals surface area contributed by atoms with Gasteiger partial charge in [0.05, 0.1) is 6.04 Å². The maximum absolute atomic E-state index is 12.2. The summed E-state index contributed by atoms with van der Waals surface area (Å²) < 4.78 is 7.73. The molecule has 0 aromatic carbocycles.